The molecule has 2 nitrogen and oxygen atoms in total. The van der Waals surface area contributed by atoms with Crippen LogP contribution in [0.1, 0.15) is 52.4 Å². The van der Waals surface area contributed by atoms with Gasteiger partial charge in [-0.2, -0.15) is 0 Å². The lowest BCUT2D eigenvalue weighted by molar-refractivity contribution is -0.121. The minimum atomic E-state index is -0.426. The highest BCUT2D eigenvalue weighted by atomic mass is 16.3. The molecule has 0 amide bonds. The lowest BCUT2D eigenvalue weighted by Crippen LogP contribution is -2.35. The highest BCUT2D eigenvalue weighted by molar-refractivity contribution is 5.76. The molecule has 0 bridgehead atoms. The van der Waals surface area contributed by atoms with Gasteiger partial charge >= 0.3 is 0 Å². The first kappa shape index (κ1) is 10.7. The molecule has 1 fully saturated rings. The molecule has 1 rings (SSSR count). The number of aliphatic hydroxyl groups excluding tert-OH is 1. The molecule has 0 spiro atoms. The fourth-order valence-electron chi connectivity index (χ4n) is 2.21. The summed E-state index contributed by atoms with van der Waals surface area (Å²) in [6.07, 6.45) is 5.73. The molecule has 0 aliphatic heterocycles. The maximum atomic E-state index is 10.9. The molecule has 1 aliphatic rings. The molecule has 1 aliphatic carbocycles. The van der Waals surface area contributed by atoms with Gasteiger partial charge in [0, 0.05) is 6.42 Å². The van der Waals surface area contributed by atoms with Gasteiger partial charge in [0.2, 0.25) is 0 Å². The SMILES string of the molecule is CC(=O)C[C@@H](O)C1(C)CCCCC1. The zero-order valence-electron chi connectivity index (χ0n) is 8.68. The molecular weight excluding hydrogens is 164 g/mol. The highest BCUT2D eigenvalue weighted by Crippen LogP contribution is 2.39. The molecule has 1 saturated carbocycles. The maximum Gasteiger partial charge on any atom is 0.132 e. The van der Waals surface area contributed by atoms with Crippen LogP contribution in [0.25, 0.3) is 0 Å². The fraction of sp³-hybridized carbons (Fsp3) is 0.909. The van der Waals surface area contributed by atoms with Crippen LogP contribution in [0.5, 0.6) is 0 Å². The van der Waals surface area contributed by atoms with Crippen molar-refractivity contribution in [1.82, 2.24) is 0 Å². The van der Waals surface area contributed by atoms with E-state index in [0.717, 1.165) is 12.8 Å². The van der Waals surface area contributed by atoms with Crippen molar-refractivity contribution in [2.24, 2.45) is 5.41 Å². The van der Waals surface area contributed by atoms with Crippen molar-refractivity contribution in [1.29, 1.82) is 0 Å². The molecule has 1 atom stereocenters. The lowest BCUT2D eigenvalue weighted by atomic mass is 9.71. The second-order valence-corrected chi connectivity index (χ2v) is 4.64. The van der Waals surface area contributed by atoms with Crippen LogP contribution >= 0.6 is 0 Å². The van der Waals surface area contributed by atoms with Crippen molar-refractivity contribution >= 4 is 5.78 Å². The standard InChI is InChI=1S/C11H20O2/c1-9(12)8-10(13)11(2)6-4-3-5-7-11/h10,13H,3-8H2,1-2H3/t10-/m1/s1. The molecule has 0 saturated heterocycles. The van der Waals surface area contributed by atoms with Crippen molar-refractivity contribution in [3.63, 3.8) is 0 Å². The minimum Gasteiger partial charge on any atom is -0.392 e. The quantitative estimate of drug-likeness (QED) is 0.730. The summed E-state index contributed by atoms with van der Waals surface area (Å²) in [6.45, 7) is 3.66. The number of Topliss-reactive ketones (excluding diaryl/α,β-unsaturated/α-hetero) is 1. The number of rotatable bonds is 3. The third-order valence-electron chi connectivity index (χ3n) is 3.28. The molecule has 1 N–H and O–H groups in total. The topological polar surface area (TPSA) is 37.3 Å². The van der Waals surface area contributed by atoms with Crippen LogP contribution in [0.2, 0.25) is 0 Å². The molecule has 13 heavy (non-hydrogen) atoms. The smallest absolute Gasteiger partial charge is 0.132 e. The highest BCUT2D eigenvalue weighted by Gasteiger charge is 2.34. The molecule has 0 aromatic carbocycles. The largest absolute Gasteiger partial charge is 0.392 e. The van der Waals surface area contributed by atoms with E-state index < -0.39 is 6.10 Å². The first-order valence-corrected chi connectivity index (χ1v) is 5.22. The Labute approximate surface area is 80.3 Å². The van der Waals surface area contributed by atoms with Crippen LogP contribution in [-0.4, -0.2) is 17.0 Å². The Balaban J connectivity index is 2.51. The third kappa shape index (κ3) is 2.80. The number of carbonyl (C=O) groups excluding carboxylic acids is 1. The Morgan fingerprint density at radius 1 is 1.38 bits per heavy atom. The summed E-state index contributed by atoms with van der Waals surface area (Å²) in [5.74, 6) is 0.0966. The van der Waals surface area contributed by atoms with Crippen molar-refractivity contribution in [2.75, 3.05) is 0 Å². The summed E-state index contributed by atoms with van der Waals surface area (Å²) in [5, 5.41) is 9.88. The second-order valence-electron chi connectivity index (χ2n) is 4.64. The Morgan fingerprint density at radius 2 is 1.92 bits per heavy atom. The van der Waals surface area contributed by atoms with Gasteiger partial charge in [0.05, 0.1) is 6.10 Å². The Hall–Kier alpha value is -0.370. The van der Waals surface area contributed by atoms with E-state index in [1.165, 1.54) is 19.3 Å². The summed E-state index contributed by atoms with van der Waals surface area (Å²) >= 11 is 0. The monoisotopic (exact) mass is 184 g/mol. The van der Waals surface area contributed by atoms with Crippen LogP contribution in [0.15, 0.2) is 0 Å². The molecule has 2 heteroatoms. The molecule has 0 aromatic rings. The van der Waals surface area contributed by atoms with Gasteiger partial charge < -0.3 is 5.11 Å². The number of hydrogen-bond donors (Lipinski definition) is 1. The van der Waals surface area contributed by atoms with Gasteiger partial charge in [-0.3, -0.25) is 4.79 Å². The van der Waals surface area contributed by atoms with Crippen LogP contribution in [-0.2, 0) is 4.79 Å². The van der Waals surface area contributed by atoms with Crippen LogP contribution in [0, 0.1) is 5.41 Å². The van der Waals surface area contributed by atoms with E-state index in [-0.39, 0.29) is 11.2 Å². The van der Waals surface area contributed by atoms with E-state index in [2.05, 4.69) is 6.92 Å². The van der Waals surface area contributed by atoms with E-state index in [1.807, 2.05) is 0 Å². The van der Waals surface area contributed by atoms with Crippen molar-refractivity contribution < 1.29 is 9.90 Å². The fourth-order valence-corrected chi connectivity index (χ4v) is 2.21. The summed E-state index contributed by atoms with van der Waals surface area (Å²) in [5.41, 5.74) is 0.00389. The van der Waals surface area contributed by atoms with Crippen LogP contribution in [0.3, 0.4) is 0 Å². The van der Waals surface area contributed by atoms with E-state index in [0.29, 0.717) is 6.42 Å². The second kappa shape index (κ2) is 4.23. The van der Waals surface area contributed by atoms with E-state index in [9.17, 15) is 9.90 Å². The average Bonchev–Trinajstić information content (AvgIpc) is 2.04. The van der Waals surface area contributed by atoms with Gasteiger partial charge in [-0.1, -0.05) is 26.2 Å². The molecular formula is C11H20O2. The third-order valence-corrected chi connectivity index (χ3v) is 3.28. The summed E-state index contributed by atoms with van der Waals surface area (Å²) in [6, 6.07) is 0. The van der Waals surface area contributed by atoms with E-state index in [1.54, 1.807) is 6.92 Å². The molecule has 0 heterocycles. The number of ketones is 1. The summed E-state index contributed by atoms with van der Waals surface area (Å²) < 4.78 is 0. The van der Waals surface area contributed by atoms with Gasteiger partial charge in [0.15, 0.2) is 0 Å². The predicted octanol–water partition coefficient (Wildman–Crippen LogP) is 2.30. The predicted molar refractivity (Wildman–Crippen MR) is 52.5 cm³/mol. The Kier molecular flexibility index (Phi) is 3.48. The van der Waals surface area contributed by atoms with Gasteiger partial charge in [-0.15, -0.1) is 0 Å². The van der Waals surface area contributed by atoms with Crippen molar-refractivity contribution in [3.05, 3.63) is 0 Å². The van der Waals surface area contributed by atoms with E-state index in [4.69, 9.17) is 0 Å². The number of aliphatic hydroxyl groups is 1. The Bertz CT molecular complexity index is 181. The molecule has 76 valence electrons. The van der Waals surface area contributed by atoms with Gasteiger partial charge in [0.1, 0.15) is 5.78 Å². The summed E-state index contributed by atoms with van der Waals surface area (Å²) in [4.78, 5) is 10.9. The van der Waals surface area contributed by atoms with Crippen LogP contribution in [0.4, 0.5) is 0 Å². The van der Waals surface area contributed by atoms with Gasteiger partial charge in [0.25, 0.3) is 0 Å². The lowest BCUT2D eigenvalue weighted by Gasteiger charge is -2.37. The number of hydrogen-bond acceptors (Lipinski definition) is 2. The summed E-state index contributed by atoms with van der Waals surface area (Å²) in [7, 11) is 0. The molecule has 0 unspecified atom stereocenters. The van der Waals surface area contributed by atoms with Crippen molar-refractivity contribution in [2.45, 2.75) is 58.5 Å². The van der Waals surface area contributed by atoms with E-state index >= 15 is 0 Å². The number of carbonyl (C=O) groups is 1. The Morgan fingerprint density at radius 3 is 2.38 bits per heavy atom. The van der Waals surface area contributed by atoms with Crippen molar-refractivity contribution in [3.8, 4) is 0 Å². The minimum absolute atomic E-state index is 0.00389. The van der Waals surface area contributed by atoms with Crippen LogP contribution < -0.4 is 0 Å². The average molecular weight is 184 g/mol. The van der Waals surface area contributed by atoms with Gasteiger partial charge in [-0.25, -0.2) is 0 Å². The zero-order chi connectivity index (χ0) is 9.90. The normalized spacial score (nSPS) is 23.9. The van der Waals surface area contributed by atoms with Gasteiger partial charge in [-0.05, 0) is 25.2 Å². The first-order valence-electron chi connectivity index (χ1n) is 5.22. The molecule has 0 radical (unpaired) electrons. The zero-order valence-corrected chi connectivity index (χ0v) is 8.68. The molecule has 0 aromatic heterocycles. The first-order chi connectivity index (χ1) is 6.04. The maximum absolute atomic E-state index is 10.9.